The van der Waals surface area contributed by atoms with Crippen molar-refractivity contribution in [3.05, 3.63) is 89.0 Å². The first-order chi connectivity index (χ1) is 20.8. The topological polar surface area (TPSA) is 87.1 Å². The van der Waals surface area contributed by atoms with E-state index in [2.05, 4.69) is 32.1 Å². The molecule has 43 heavy (non-hydrogen) atoms. The van der Waals surface area contributed by atoms with Gasteiger partial charge >= 0.3 is 7.12 Å². The van der Waals surface area contributed by atoms with Crippen molar-refractivity contribution in [2.45, 2.75) is 58.9 Å². The number of fused-ring (bicyclic) bond motifs is 4. The fourth-order valence-electron chi connectivity index (χ4n) is 7.62. The minimum atomic E-state index is -0.987. The zero-order valence-corrected chi connectivity index (χ0v) is 25.2. The summed E-state index contributed by atoms with van der Waals surface area (Å²) in [5.74, 6) is -0.653. The molecular weight excluding hydrogens is 537 g/mol. The monoisotopic (exact) mass is 577 g/mol. The molecule has 2 saturated heterocycles. The van der Waals surface area contributed by atoms with Crippen LogP contribution >= 0.6 is 0 Å². The molecule has 2 heterocycles. The number of rotatable bonds is 8. The molecule has 3 aromatic rings. The van der Waals surface area contributed by atoms with E-state index in [1.807, 2.05) is 55.5 Å². The van der Waals surface area contributed by atoms with Crippen LogP contribution in [0.2, 0.25) is 6.32 Å². The minimum absolute atomic E-state index is 0.0537. The number of imide groups is 1. The number of hydrogen-bond acceptors (Lipinski definition) is 5. The summed E-state index contributed by atoms with van der Waals surface area (Å²) in [6.45, 7) is 6.73. The zero-order valence-electron chi connectivity index (χ0n) is 25.2. The normalized spacial score (nSPS) is 24.3. The van der Waals surface area contributed by atoms with Crippen molar-refractivity contribution in [2.24, 2.45) is 23.7 Å². The molecule has 0 radical (unpaired) electrons. The Bertz CT molecular complexity index is 1600. The first-order valence-corrected chi connectivity index (χ1v) is 15.7. The van der Waals surface area contributed by atoms with Crippen molar-refractivity contribution >= 4 is 41.4 Å². The van der Waals surface area contributed by atoms with Gasteiger partial charge in [-0.2, -0.15) is 0 Å². The van der Waals surface area contributed by atoms with Gasteiger partial charge in [0.15, 0.2) is 0 Å². The van der Waals surface area contributed by atoms with Gasteiger partial charge in [0.05, 0.1) is 17.9 Å². The Morgan fingerprint density at radius 3 is 2.44 bits per heavy atom. The SMILES string of the molecule is CCCN1C(=O)[C@@H]2[C@@H](CC(C(C)C)=C3[C@@H](CC/C(=C/c4ccc(O)c5ccccc45)c4ccccc4)OB(O)C[C@@H]32)C1=O. The van der Waals surface area contributed by atoms with Crippen LogP contribution in [0.1, 0.15) is 57.6 Å². The Morgan fingerprint density at radius 2 is 1.72 bits per heavy atom. The number of phenols is 1. The molecule has 0 bridgehead atoms. The second kappa shape index (κ2) is 12.1. The number of aromatic hydroxyl groups is 1. The highest BCUT2D eigenvalue weighted by molar-refractivity contribution is 6.43. The molecule has 3 aliphatic rings. The van der Waals surface area contributed by atoms with Crippen LogP contribution in [0.15, 0.2) is 77.9 Å². The average Bonchev–Trinajstić information content (AvgIpc) is 3.25. The highest BCUT2D eigenvalue weighted by atomic mass is 16.5. The van der Waals surface area contributed by atoms with E-state index in [1.165, 1.54) is 10.5 Å². The third kappa shape index (κ3) is 5.45. The third-order valence-corrected chi connectivity index (χ3v) is 9.56. The second-order valence-electron chi connectivity index (χ2n) is 12.5. The number of amides is 2. The van der Waals surface area contributed by atoms with Gasteiger partial charge in [0.25, 0.3) is 0 Å². The fourth-order valence-corrected chi connectivity index (χ4v) is 7.62. The van der Waals surface area contributed by atoms with Gasteiger partial charge in [-0.15, -0.1) is 0 Å². The van der Waals surface area contributed by atoms with E-state index >= 15 is 0 Å². The van der Waals surface area contributed by atoms with Crippen molar-refractivity contribution in [2.75, 3.05) is 6.54 Å². The lowest BCUT2D eigenvalue weighted by atomic mass is 9.57. The summed E-state index contributed by atoms with van der Waals surface area (Å²) in [4.78, 5) is 28.4. The van der Waals surface area contributed by atoms with Gasteiger partial charge in [-0.3, -0.25) is 14.5 Å². The first kappa shape index (κ1) is 29.4. The Balaban J connectivity index is 1.37. The lowest BCUT2D eigenvalue weighted by Crippen LogP contribution is -2.46. The molecule has 6 nitrogen and oxygen atoms in total. The number of hydrogen-bond donors (Lipinski definition) is 2. The molecule has 2 N–H and O–H groups in total. The van der Waals surface area contributed by atoms with Gasteiger partial charge < -0.3 is 14.8 Å². The molecule has 2 fully saturated rings. The van der Waals surface area contributed by atoms with Gasteiger partial charge in [0.1, 0.15) is 5.75 Å². The first-order valence-electron chi connectivity index (χ1n) is 15.7. The van der Waals surface area contributed by atoms with Gasteiger partial charge in [-0.25, -0.2) is 0 Å². The van der Waals surface area contributed by atoms with Crippen molar-refractivity contribution in [1.29, 1.82) is 0 Å². The second-order valence-corrected chi connectivity index (χ2v) is 12.5. The lowest BCUT2D eigenvalue weighted by Gasteiger charge is -2.44. The standard InChI is InChI=1S/C36H40BNO5/c1-4-18-38-35(40)29-20-28(22(2)3)33-30(34(29)36(38)41)21-37(42)43-32(33)17-15-24(23-10-6-5-7-11-23)19-25-14-16-31(39)27-13-9-8-12-26(25)27/h5-14,16,19,22,29-30,32,34,39,42H,4,15,17-18,20-21H2,1-3H3/b24-19-/t29-,30+,32-,34-/m1/s1. The van der Waals surface area contributed by atoms with Crippen LogP contribution in [0, 0.1) is 23.7 Å². The molecule has 4 atom stereocenters. The van der Waals surface area contributed by atoms with Crippen LogP contribution in [-0.4, -0.2) is 46.6 Å². The van der Waals surface area contributed by atoms with E-state index in [0.717, 1.165) is 39.5 Å². The highest BCUT2D eigenvalue weighted by Gasteiger charge is 2.57. The van der Waals surface area contributed by atoms with E-state index < -0.39 is 13.0 Å². The third-order valence-electron chi connectivity index (χ3n) is 9.56. The molecule has 7 heteroatoms. The van der Waals surface area contributed by atoms with Crippen molar-refractivity contribution in [1.82, 2.24) is 4.90 Å². The number of likely N-dealkylation sites (tertiary alicyclic amines) is 1. The maximum atomic E-state index is 13.6. The molecule has 1 aliphatic carbocycles. The molecule has 6 rings (SSSR count). The molecule has 2 aliphatic heterocycles. The molecule has 3 aromatic carbocycles. The molecule has 0 unspecified atom stereocenters. The van der Waals surface area contributed by atoms with Crippen LogP contribution < -0.4 is 0 Å². The van der Waals surface area contributed by atoms with Gasteiger partial charge in [-0.1, -0.05) is 93.1 Å². The zero-order chi connectivity index (χ0) is 30.2. The lowest BCUT2D eigenvalue weighted by molar-refractivity contribution is -0.140. The summed E-state index contributed by atoms with van der Waals surface area (Å²) < 4.78 is 6.27. The fraction of sp³-hybridized carbons (Fsp3) is 0.389. The van der Waals surface area contributed by atoms with Gasteiger partial charge in [0.2, 0.25) is 11.8 Å². The average molecular weight is 578 g/mol. The summed E-state index contributed by atoms with van der Waals surface area (Å²) in [7, 11) is -0.987. The molecule has 0 spiro atoms. The molecular formula is C36H40BNO5. The van der Waals surface area contributed by atoms with Crippen molar-refractivity contribution in [3.8, 4) is 5.75 Å². The number of carbonyl (C=O) groups excluding carboxylic acids is 2. The number of carbonyl (C=O) groups is 2. The minimum Gasteiger partial charge on any atom is -0.507 e. The molecule has 2 amide bonds. The van der Waals surface area contributed by atoms with Gasteiger partial charge in [0, 0.05) is 11.9 Å². The summed E-state index contributed by atoms with van der Waals surface area (Å²) in [5.41, 5.74) is 5.57. The number of allylic oxidation sites excluding steroid dienone is 2. The van der Waals surface area contributed by atoms with Crippen molar-refractivity contribution in [3.63, 3.8) is 0 Å². The Morgan fingerprint density at radius 1 is 1.00 bits per heavy atom. The van der Waals surface area contributed by atoms with E-state index in [1.54, 1.807) is 6.07 Å². The number of nitrogens with zero attached hydrogens (tertiary/aromatic N) is 1. The van der Waals surface area contributed by atoms with E-state index in [9.17, 15) is 19.7 Å². The van der Waals surface area contributed by atoms with Crippen LogP contribution in [0.5, 0.6) is 5.75 Å². The van der Waals surface area contributed by atoms with Crippen molar-refractivity contribution < 1.29 is 24.4 Å². The maximum absolute atomic E-state index is 13.6. The highest BCUT2D eigenvalue weighted by Crippen LogP contribution is 2.52. The quantitative estimate of drug-likeness (QED) is 0.134. The van der Waals surface area contributed by atoms with Crippen LogP contribution in [0.3, 0.4) is 0 Å². The predicted octanol–water partition coefficient (Wildman–Crippen LogP) is 6.73. The Kier molecular flexibility index (Phi) is 8.30. The number of benzene rings is 3. The summed E-state index contributed by atoms with van der Waals surface area (Å²) in [6.07, 6.45) is 4.80. The van der Waals surface area contributed by atoms with Gasteiger partial charge in [-0.05, 0) is 77.6 Å². The Hall–Kier alpha value is -3.68. The molecule has 222 valence electrons. The summed E-state index contributed by atoms with van der Waals surface area (Å²) in [6, 6.07) is 21.8. The molecule has 0 aromatic heterocycles. The summed E-state index contributed by atoms with van der Waals surface area (Å²) in [5, 5.41) is 23.2. The predicted molar refractivity (Wildman–Crippen MR) is 171 cm³/mol. The summed E-state index contributed by atoms with van der Waals surface area (Å²) >= 11 is 0. The Labute approximate surface area is 254 Å². The van der Waals surface area contributed by atoms with E-state index in [0.29, 0.717) is 32.1 Å². The largest absolute Gasteiger partial charge is 0.507 e. The molecule has 0 saturated carbocycles. The van der Waals surface area contributed by atoms with Crippen LogP contribution in [0.4, 0.5) is 0 Å². The number of phenolic OH excluding ortho intramolecular Hbond substituents is 1. The van der Waals surface area contributed by atoms with Crippen LogP contribution in [-0.2, 0) is 14.2 Å². The smallest absolute Gasteiger partial charge is 0.455 e. The maximum Gasteiger partial charge on any atom is 0.455 e. The van der Waals surface area contributed by atoms with E-state index in [-0.39, 0.29) is 41.4 Å². The van der Waals surface area contributed by atoms with E-state index in [4.69, 9.17) is 4.65 Å². The van der Waals surface area contributed by atoms with Crippen LogP contribution in [0.25, 0.3) is 22.4 Å².